The first kappa shape index (κ1) is 22.3. The van der Waals surface area contributed by atoms with Gasteiger partial charge in [0.1, 0.15) is 0 Å². The van der Waals surface area contributed by atoms with Crippen LogP contribution in [0.2, 0.25) is 0 Å². The first-order valence-corrected chi connectivity index (χ1v) is 9.93. The molecule has 0 N–H and O–H groups in total. The molecule has 5 nitrogen and oxygen atoms in total. The van der Waals surface area contributed by atoms with Gasteiger partial charge in [-0.1, -0.05) is 19.1 Å². The predicted molar refractivity (Wildman–Crippen MR) is 119 cm³/mol. The van der Waals surface area contributed by atoms with E-state index in [1.165, 1.54) is 19.9 Å². The van der Waals surface area contributed by atoms with E-state index in [4.69, 9.17) is 14.2 Å². The summed E-state index contributed by atoms with van der Waals surface area (Å²) in [6, 6.07) is 11.7. The molecule has 156 valence electrons. The van der Waals surface area contributed by atoms with Gasteiger partial charge >= 0.3 is 0 Å². The Bertz CT molecular complexity index is 852. The number of rotatable bonds is 10. The Hall–Kier alpha value is -2.95. The normalized spacial score (nSPS) is 11.2. The highest BCUT2D eigenvalue weighted by atomic mass is 16.5. The van der Waals surface area contributed by atoms with E-state index in [1.54, 1.807) is 19.2 Å². The smallest absolute Gasteiger partial charge is 0.204 e. The Balaban J connectivity index is 2.40. The van der Waals surface area contributed by atoms with Gasteiger partial charge in [-0.05, 0) is 56.2 Å². The lowest BCUT2D eigenvalue weighted by atomic mass is 9.97. The molecule has 0 radical (unpaired) electrons. The molecular weight excluding hydrogens is 366 g/mol. The van der Waals surface area contributed by atoms with Crippen LogP contribution in [0.4, 0.5) is 5.69 Å². The third-order valence-corrected chi connectivity index (χ3v) is 4.98. The van der Waals surface area contributed by atoms with Crippen molar-refractivity contribution in [2.45, 2.75) is 27.2 Å². The van der Waals surface area contributed by atoms with Crippen molar-refractivity contribution in [1.82, 2.24) is 0 Å². The molecule has 0 aromatic heterocycles. The summed E-state index contributed by atoms with van der Waals surface area (Å²) in [5, 5.41) is 0. The van der Waals surface area contributed by atoms with Crippen LogP contribution in [0.3, 0.4) is 0 Å². The van der Waals surface area contributed by atoms with Gasteiger partial charge in [0.2, 0.25) is 5.75 Å². The fourth-order valence-corrected chi connectivity index (χ4v) is 3.35. The number of carbonyl (C=O) groups is 1. The Morgan fingerprint density at radius 1 is 0.862 bits per heavy atom. The number of hydrogen-bond acceptors (Lipinski definition) is 5. The molecule has 2 rings (SSSR count). The third-order valence-electron chi connectivity index (χ3n) is 4.98. The van der Waals surface area contributed by atoms with E-state index in [2.05, 4.69) is 30.9 Å². The Morgan fingerprint density at radius 2 is 1.48 bits per heavy atom. The summed E-state index contributed by atoms with van der Waals surface area (Å²) >= 11 is 0. The molecule has 2 aromatic carbocycles. The van der Waals surface area contributed by atoms with E-state index < -0.39 is 0 Å². The maximum atomic E-state index is 13.2. The molecular formula is C24H31NO4. The average Bonchev–Trinajstić information content (AvgIpc) is 2.77. The number of ether oxygens (including phenoxy) is 3. The first-order valence-electron chi connectivity index (χ1n) is 9.93. The topological polar surface area (TPSA) is 48.0 Å². The summed E-state index contributed by atoms with van der Waals surface area (Å²) < 4.78 is 16.2. The van der Waals surface area contributed by atoms with Crippen LogP contribution in [0, 0.1) is 0 Å². The van der Waals surface area contributed by atoms with Crippen LogP contribution in [-0.2, 0) is 0 Å². The first-order chi connectivity index (χ1) is 14.0. The number of nitrogens with zero attached hydrogens (tertiary/aromatic N) is 1. The molecule has 5 heteroatoms. The molecule has 0 amide bonds. The molecule has 0 bridgehead atoms. The number of benzene rings is 2. The molecule has 0 unspecified atom stereocenters. The average molecular weight is 398 g/mol. The number of hydrogen-bond donors (Lipinski definition) is 0. The fourth-order valence-electron chi connectivity index (χ4n) is 3.35. The van der Waals surface area contributed by atoms with Crippen molar-refractivity contribution in [3.63, 3.8) is 0 Å². The lowest BCUT2D eigenvalue weighted by Crippen LogP contribution is -2.21. The second-order valence-corrected chi connectivity index (χ2v) is 6.50. The predicted octanol–water partition coefficient (Wildman–Crippen LogP) is 5.23. The van der Waals surface area contributed by atoms with Crippen molar-refractivity contribution in [1.29, 1.82) is 0 Å². The van der Waals surface area contributed by atoms with Crippen LogP contribution in [-0.4, -0.2) is 40.2 Å². The number of allylic oxidation sites excluding steroid dienone is 1. The summed E-state index contributed by atoms with van der Waals surface area (Å²) in [7, 11) is 4.61. The molecule has 0 aliphatic carbocycles. The van der Waals surface area contributed by atoms with Gasteiger partial charge in [0, 0.05) is 24.4 Å². The lowest BCUT2D eigenvalue weighted by molar-refractivity contribution is 0.102. The number of anilines is 1. The number of carbonyl (C=O) groups excluding carboxylic acids is 1. The minimum absolute atomic E-state index is 0.0851. The van der Waals surface area contributed by atoms with Gasteiger partial charge in [0.15, 0.2) is 17.3 Å². The Labute approximate surface area is 173 Å². The quantitative estimate of drug-likeness (QED) is 0.406. The SMILES string of the molecule is CCC(=Cc1ccc(N(CC)CC)cc1)C(=O)c1ccc(OC)c(OC)c1OC. The molecule has 29 heavy (non-hydrogen) atoms. The van der Waals surface area contributed by atoms with Crippen molar-refractivity contribution in [2.75, 3.05) is 39.3 Å². The van der Waals surface area contributed by atoms with E-state index >= 15 is 0 Å². The lowest BCUT2D eigenvalue weighted by Gasteiger charge is -2.21. The molecule has 2 aromatic rings. The zero-order valence-electron chi connectivity index (χ0n) is 18.2. The number of ketones is 1. The van der Waals surface area contributed by atoms with Gasteiger partial charge in [-0.2, -0.15) is 0 Å². The van der Waals surface area contributed by atoms with Crippen molar-refractivity contribution in [3.8, 4) is 17.2 Å². The molecule has 0 aliphatic heterocycles. The van der Waals surface area contributed by atoms with Crippen LogP contribution < -0.4 is 19.1 Å². The van der Waals surface area contributed by atoms with Gasteiger partial charge in [-0.15, -0.1) is 0 Å². The molecule has 0 saturated heterocycles. The van der Waals surface area contributed by atoms with Crippen LogP contribution in [0.15, 0.2) is 42.0 Å². The summed E-state index contributed by atoms with van der Waals surface area (Å²) in [5.41, 5.74) is 3.33. The molecule has 0 aliphatic rings. The summed E-state index contributed by atoms with van der Waals surface area (Å²) in [4.78, 5) is 15.5. The van der Waals surface area contributed by atoms with Crippen LogP contribution in [0.1, 0.15) is 43.1 Å². The Morgan fingerprint density at radius 3 is 1.97 bits per heavy atom. The van der Waals surface area contributed by atoms with E-state index in [1.807, 2.05) is 25.1 Å². The molecule has 0 heterocycles. The third kappa shape index (κ3) is 4.91. The minimum atomic E-state index is -0.0851. The second-order valence-electron chi connectivity index (χ2n) is 6.50. The highest BCUT2D eigenvalue weighted by Crippen LogP contribution is 2.40. The van der Waals surface area contributed by atoms with Gasteiger partial charge < -0.3 is 19.1 Å². The van der Waals surface area contributed by atoms with E-state index in [0.717, 1.165) is 18.7 Å². The van der Waals surface area contributed by atoms with Gasteiger partial charge in [-0.25, -0.2) is 0 Å². The summed E-state index contributed by atoms with van der Waals surface area (Å²) in [6.07, 6.45) is 2.54. The fraction of sp³-hybridized carbons (Fsp3) is 0.375. The van der Waals surface area contributed by atoms with Crippen molar-refractivity contribution < 1.29 is 19.0 Å². The number of Topliss-reactive ketones (excluding diaryl/α,β-unsaturated/α-hetero) is 1. The van der Waals surface area contributed by atoms with Gasteiger partial charge in [0.25, 0.3) is 0 Å². The molecule has 0 saturated carbocycles. The number of methoxy groups -OCH3 is 3. The molecule has 0 spiro atoms. The zero-order chi connectivity index (χ0) is 21.4. The second kappa shape index (κ2) is 10.6. The van der Waals surface area contributed by atoms with E-state index in [0.29, 0.717) is 34.8 Å². The van der Waals surface area contributed by atoms with Gasteiger partial charge in [-0.3, -0.25) is 4.79 Å². The van der Waals surface area contributed by atoms with E-state index in [9.17, 15) is 4.79 Å². The monoisotopic (exact) mass is 397 g/mol. The van der Waals surface area contributed by atoms with E-state index in [-0.39, 0.29) is 5.78 Å². The largest absolute Gasteiger partial charge is 0.493 e. The minimum Gasteiger partial charge on any atom is -0.493 e. The maximum Gasteiger partial charge on any atom is 0.204 e. The molecule has 0 atom stereocenters. The summed E-state index contributed by atoms with van der Waals surface area (Å²) in [6.45, 7) is 8.18. The van der Waals surface area contributed by atoms with Crippen molar-refractivity contribution in [3.05, 3.63) is 53.1 Å². The van der Waals surface area contributed by atoms with Crippen LogP contribution in [0.5, 0.6) is 17.2 Å². The van der Waals surface area contributed by atoms with Crippen molar-refractivity contribution in [2.24, 2.45) is 0 Å². The summed E-state index contributed by atoms with van der Waals surface area (Å²) in [5.74, 6) is 1.24. The van der Waals surface area contributed by atoms with Crippen LogP contribution >= 0.6 is 0 Å². The standard InChI is InChI=1S/C24H31NO4/c1-7-18(16-17-10-12-19(13-11-17)25(8-2)9-3)22(26)20-14-15-21(27-4)24(29-6)23(20)28-5/h10-16H,7-9H2,1-6H3. The van der Waals surface area contributed by atoms with Gasteiger partial charge in [0.05, 0.1) is 26.9 Å². The highest BCUT2D eigenvalue weighted by molar-refractivity contribution is 6.13. The molecule has 0 fully saturated rings. The highest BCUT2D eigenvalue weighted by Gasteiger charge is 2.22. The van der Waals surface area contributed by atoms with Crippen molar-refractivity contribution >= 4 is 17.5 Å². The zero-order valence-corrected chi connectivity index (χ0v) is 18.2. The maximum absolute atomic E-state index is 13.2. The Kier molecular flexibility index (Phi) is 8.13. The van der Waals surface area contributed by atoms with Crippen LogP contribution in [0.25, 0.3) is 6.08 Å².